The molecule has 1 aliphatic heterocycles. The third kappa shape index (κ3) is 2.03. The van der Waals surface area contributed by atoms with Gasteiger partial charge in [-0.25, -0.2) is 0 Å². The summed E-state index contributed by atoms with van der Waals surface area (Å²) in [6.45, 7) is 7.08. The first kappa shape index (κ1) is 14.0. The molecule has 0 radical (unpaired) electrons. The maximum atomic E-state index is 3.52. The number of benzene rings is 2. The average Bonchev–Trinajstić information content (AvgIpc) is 2.56. The summed E-state index contributed by atoms with van der Waals surface area (Å²) in [5.74, 6) is 1.34. The zero-order chi connectivity index (χ0) is 15.2. The normalized spacial score (nSPS) is 21.2. The number of nitrogens with one attached hydrogen (secondary N) is 1. The molecule has 1 aliphatic carbocycles. The number of hydrogen-bond donors (Lipinski definition) is 1. The average molecular weight is 291 g/mol. The minimum absolute atomic E-state index is 0.108. The van der Waals surface area contributed by atoms with Crippen LogP contribution in [-0.2, 0) is 5.41 Å². The van der Waals surface area contributed by atoms with E-state index in [2.05, 4.69) is 67.7 Å². The molecular weight excluding hydrogens is 266 g/mol. The summed E-state index contributed by atoms with van der Waals surface area (Å²) < 4.78 is 0. The van der Waals surface area contributed by atoms with E-state index in [-0.39, 0.29) is 5.41 Å². The Morgan fingerprint density at radius 1 is 0.818 bits per heavy atom. The molecule has 2 aliphatic rings. The van der Waals surface area contributed by atoms with Gasteiger partial charge in [-0.3, -0.25) is 0 Å². The molecule has 0 spiro atoms. The number of piperidine rings is 1. The van der Waals surface area contributed by atoms with Crippen LogP contribution in [0.25, 0.3) is 0 Å². The predicted molar refractivity (Wildman–Crippen MR) is 92.4 cm³/mol. The predicted octanol–water partition coefficient (Wildman–Crippen LogP) is 4.46. The van der Waals surface area contributed by atoms with Crippen molar-refractivity contribution in [2.75, 3.05) is 13.1 Å². The summed E-state index contributed by atoms with van der Waals surface area (Å²) in [6.07, 6.45) is 2.57. The zero-order valence-electron chi connectivity index (χ0n) is 13.6. The van der Waals surface area contributed by atoms with Gasteiger partial charge in [0.25, 0.3) is 0 Å². The van der Waals surface area contributed by atoms with Gasteiger partial charge in [-0.2, -0.15) is 0 Å². The highest BCUT2D eigenvalue weighted by Crippen LogP contribution is 2.50. The van der Waals surface area contributed by atoms with Gasteiger partial charge < -0.3 is 5.32 Å². The first-order valence-electron chi connectivity index (χ1n) is 8.59. The lowest BCUT2D eigenvalue weighted by Crippen LogP contribution is -2.36. The fourth-order valence-electron chi connectivity index (χ4n) is 4.67. The molecule has 22 heavy (non-hydrogen) atoms. The molecule has 2 aromatic rings. The highest BCUT2D eigenvalue weighted by molar-refractivity contribution is 5.55. The van der Waals surface area contributed by atoms with Crippen LogP contribution in [0.15, 0.2) is 48.5 Å². The van der Waals surface area contributed by atoms with Gasteiger partial charge >= 0.3 is 0 Å². The van der Waals surface area contributed by atoms with Crippen molar-refractivity contribution in [3.05, 3.63) is 70.8 Å². The zero-order valence-corrected chi connectivity index (χ0v) is 13.6. The summed E-state index contributed by atoms with van der Waals surface area (Å²) in [4.78, 5) is 0. The minimum Gasteiger partial charge on any atom is -0.317 e. The lowest BCUT2D eigenvalue weighted by Gasteiger charge is -2.43. The highest BCUT2D eigenvalue weighted by Gasteiger charge is 2.39. The van der Waals surface area contributed by atoms with Crippen molar-refractivity contribution < 1.29 is 0 Å². The Morgan fingerprint density at radius 2 is 1.32 bits per heavy atom. The quantitative estimate of drug-likeness (QED) is 0.818. The van der Waals surface area contributed by atoms with Gasteiger partial charge in [0.1, 0.15) is 0 Å². The van der Waals surface area contributed by atoms with E-state index in [0.717, 1.165) is 19.0 Å². The second kappa shape index (κ2) is 5.24. The fourth-order valence-corrected chi connectivity index (χ4v) is 4.67. The van der Waals surface area contributed by atoms with Crippen molar-refractivity contribution in [2.45, 2.75) is 38.0 Å². The Bertz CT molecular complexity index is 630. The fraction of sp³-hybridized carbons (Fsp3) is 0.429. The number of hydrogen-bond acceptors (Lipinski definition) is 1. The first-order chi connectivity index (χ1) is 10.7. The van der Waals surface area contributed by atoms with Crippen LogP contribution >= 0.6 is 0 Å². The molecule has 1 heterocycles. The number of fused-ring (bicyclic) bond motifs is 2. The van der Waals surface area contributed by atoms with Crippen LogP contribution in [0.5, 0.6) is 0 Å². The third-order valence-electron chi connectivity index (χ3n) is 5.79. The molecule has 0 atom stereocenters. The van der Waals surface area contributed by atoms with Crippen LogP contribution in [0.2, 0.25) is 0 Å². The van der Waals surface area contributed by atoms with E-state index in [9.17, 15) is 0 Å². The summed E-state index contributed by atoms with van der Waals surface area (Å²) in [5, 5.41) is 3.52. The van der Waals surface area contributed by atoms with E-state index in [1.165, 1.54) is 24.0 Å². The van der Waals surface area contributed by atoms with Crippen LogP contribution in [0.4, 0.5) is 0 Å². The molecule has 0 aromatic heterocycles. The molecule has 2 aromatic carbocycles. The Hall–Kier alpha value is -1.60. The van der Waals surface area contributed by atoms with Crippen molar-refractivity contribution >= 4 is 0 Å². The van der Waals surface area contributed by atoms with Gasteiger partial charge in [-0.1, -0.05) is 62.4 Å². The van der Waals surface area contributed by atoms with Crippen molar-refractivity contribution in [1.29, 1.82) is 0 Å². The molecule has 0 amide bonds. The van der Waals surface area contributed by atoms with Gasteiger partial charge in [0.2, 0.25) is 0 Å². The molecule has 1 fully saturated rings. The molecule has 0 unspecified atom stereocenters. The maximum absolute atomic E-state index is 3.52. The largest absolute Gasteiger partial charge is 0.317 e. The van der Waals surface area contributed by atoms with E-state index in [1.54, 1.807) is 11.1 Å². The lowest BCUT2D eigenvalue weighted by atomic mass is 9.61. The van der Waals surface area contributed by atoms with E-state index < -0.39 is 0 Å². The van der Waals surface area contributed by atoms with Gasteiger partial charge in [-0.05, 0) is 54.1 Å². The molecule has 1 nitrogen and oxygen atoms in total. The lowest BCUT2D eigenvalue weighted by molar-refractivity contribution is 0.333. The van der Waals surface area contributed by atoms with Crippen molar-refractivity contribution in [1.82, 2.24) is 5.32 Å². The van der Waals surface area contributed by atoms with Gasteiger partial charge in [0, 0.05) is 11.3 Å². The van der Waals surface area contributed by atoms with Crippen molar-refractivity contribution in [3.8, 4) is 0 Å². The highest BCUT2D eigenvalue weighted by atomic mass is 14.9. The van der Waals surface area contributed by atoms with Crippen LogP contribution in [0.3, 0.4) is 0 Å². The van der Waals surface area contributed by atoms with Crippen LogP contribution in [0.1, 0.15) is 54.9 Å². The monoisotopic (exact) mass is 291 g/mol. The molecule has 0 bridgehead atoms. The first-order valence-corrected chi connectivity index (χ1v) is 8.59. The smallest absolute Gasteiger partial charge is 0.0152 e. The topological polar surface area (TPSA) is 12.0 Å². The van der Waals surface area contributed by atoms with Crippen LogP contribution in [-0.4, -0.2) is 13.1 Å². The third-order valence-corrected chi connectivity index (χ3v) is 5.79. The summed E-state index contributed by atoms with van der Waals surface area (Å²) in [6, 6.07) is 18.3. The molecular formula is C21H25N. The molecule has 4 rings (SSSR count). The minimum atomic E-state index is 0.108. The standard InChI is InChI=1S/C21H25N/c1-21(2)18-9-5-3-7-16(18)20(15-11-13-22-14-12-15)17-8-4-6-10-19(17)21/h3-10,15,20,22H,11-14H2,1-2H3. The molecule has 1 saturated heterocycles. The SMILES string of the molecule is CC1(C)c2ccccc2C(C2CCNCC2)c2ccccc21. The summed E-state index contributed by atoms with van der Waals surface area (Å²) in [7, 11) is 0. The molecule has 1 heteroatoms. The van der Waals surface area contributed by atoms with E-state index in [1.807, 2.05) is 0 Å². The second-order valence-corrected chi connectivity index (χ2v) is 7.36. The van der Waals surface area contributed by atoms with Crippen molar-refractivity contribution in [3.63, 3.8) is 0 Å². The summed E-state index contributed by atoms with van der Waals surface area (Å²) >= 11 is 0. The number of rotatable bonds is 1. The van der Waals surface area contributed by atoms with E-state index in [4.69, 9.17) is 0 Å². The van der Waals surface area contributed by atoms with E-state index >= 15 is 0 Å². The summed E-state index contributed by atoms with van der Waals surface area (Å²) in [5.41, 5.74) is 6.29. The van der Waals surface area contributed by atoms with E-state index in [0.29, 0.717) is 5.92 Å². The Kier molecular flexibility index (Phi) is 3.34. The van der Waals surface area contributed by atoms with Crippen LogP contribution < -0.4 is 5.32 Å². The van der Waals surface area contributed by atoms with Crippen molar-refractivity contribution in [2.24, 2.45) is 5.92 Å². The Labute approximate surface area is 133 Å². The van der Waals surface area contributed by atoms with Gasteiger partial charge in [-0.15, -0.1) is 0 Å². The molecule has 114 valence electrons. The van der Waals surface area contributed by atoms with Crippen LogP contribution in [0, 0.1) is 5.92 Å². The van der Waals surface area contributed by atoms with Gasteiger partial charge in [0.15, 0.2) is 0 Å². The Morgan fingerprint density at radius 3 is 1.86 bits per heavy atom. The molecule has 1 N–H and O–H groups in total. The molecule has 0 saturated carbocycles. The second-order valence-electron chi connectivity index (χ2n) is 7.36. The van der Waals surface area contributed by atoms with Gasteiger partial charge in [0.05, 0.1) is 0 Å². The maximum Gasteiger partial charge on any atom is 0.0152 e. The Balaban J connectivity index is 1.92.